The second-order valence-corrected chi connectivity index (χ2v) is 4.69. The van der Waals surface area contributed by atoms with Crippen LogP contribution in [0.2, 0.25) is 0 Å². The fourth-order valence-corrected chi connectivity index (χ4v) is 2.35. The number of fused-ring (bicyclic) bond motifs is 1. The average molecular weight is 298 g/mol. The van der Waals surface area contributed by atoms with Gasteiger partial charge in [-0.05, 0) is 12.1 Å². The lowest BCUT2D eigenvalue weighted by molar-refractivity contribution is -0.384. The van der Waals surface area contributed by atoms with Crippen LogP contribution in [0.4, 0.5) is 24.5 Å². The molecule has 0 aliphatic carbocycles. The quantitative estimate of drug-likeness (QED) is 0.683. The molecule has 1 aromatic heterocycles. The van der Waals surface area contributed by atoms with Crippen molar-refractivity contribution >= 4 is 11.4 Å². The Balaban J connectivity index is 1.99. The molecule has 0 saturated heterocycles. The van der Waals surface area contributed by atoms with Gasteiger partial charge in [0, 0.05) is 18.2 Å². The Morgan fingerprint density at radius 2 is 2.10 bits per heavy atom. The van der Waals surface area contributed by atoms with Gasteiger partial charge in [0.2, 0.25) is 0 Å². The van der Waals surface area contributed by atoms with Gasteiger partial charge >= 0.3 is 6.18 Å². The van der Waals surface area contributed by atoms with Gasteiger partial charge in [-0.1, -0.05) is 0 Å². The van der Waals surface area contributed by atoms with E-state index in [1.807, 2.05) is 0 Å². The van der Waals surface area contributed by atoms with E-state index in [-0.39, 0.29) is 5.69 Å². The number of hydrogen-bond acceptors (Lipinski definition) is 4. The molecule has 9 heteroatoms. The first kappa shape index (κ1) is 13.4. The fraction of sp³-hybridized carbons (Fsp3) is 0.250. The smallest absolute Gasteiger partial charge is 0.356 e. The summed E-state index contributed by atoms with van der Waals surface area (Å²) in [5, 5.41) is 17.7. The lowest BCUT2D eigenvalue weighted by Crippen LogP contribution is -2.17. The van der Waals surface area contributed by atoms with E-state index >= 15 is 0 Å². The molecule has 110 valence electrons. The molecule has 0 saturated carbocycles. The van der Waals surface area contributed by atoms with Gasteiger partial charge in [-0.25, -0.2) is 0 Å². The molecule has 0 unspecified atom stereocenters. The molecule has 1 aromatic carbocycles. The summed E-state index contributed by atoms with van der Waals surface area (Å²) in [7, 11) is 0. The van der Waals surface area contributed by atoms with Gasteiger partial charge in [-0.15, -0.1) is 0 Å². The van der Waals surface area contributed by atoms with E-state index < -0.39 is 22.4 Å². The molecule has 1 aliphatic heterocycles. The van der Waals surface area contributed by atoms with Gasteiger partial charge < -0.3 is 4.90 Å². The average Bonchev–Trinajstić information content (AvgIpc) is 2.97. The van der Waals surface area contributed by atoms with Crippen LogP contribution >= 0.6 is 0 Å². The Labute approximate surface area is 116 Å². The van der Waals surface area contributed by atoms with Crippen LogP contribution in [0, 0.1) is 10.1 Å². The van der Waals surface area contributed by atoms with E-state index in [2.05, 4.69) is 10.2 Å². The van der Waals surface area contributed by atoms with Crippen molar-refractivity contribution < 1.29 is 18.1 Å². The van der Waals surface area contributed by atoms with E-state index in [9.17, 15) is 23.3 Å². The maximum Gasteiger partial charge on any atom is 0.416 e. The first-order valence-corrected chi connectivity index (χ1v) is 5.98. The van der Waals surface area contributed by atoms with Gasteiger partial charge in [-0.3, -0.25) is 15.2 Å². The van der Waals surface area contributed by atoms with Crippen molar-refractivity contribution in [1.29, 1.82) is 0 Å². The number of benzene rings is 1. The third kappa shape index (κ3) is 2.30. The lowest BCUT2D eigenvalue weighted by atomic mass is 10.1. The van der Waals surface area contributed by atoms with Crippen LogP contribution in [-0.2, 0) is 19.3 Å². The molecule has 0 amide bonds. The molecule has 6 nitrogen and oxygen atoms in total. The number of hydrogen-bond donors (Lipinski definition) is 1. The van der Waals surface area contributed by atoms with Crippen LogP contribution in [-0.4, -0.2) is 15.1 Å². The maximum atomic E-state index is 12.7. The molecule has 0 spiro atoms. The molecular formula is C12H9F3N4O2. The second kappa shape index (κ2) is 4.47. The molecule has 3 rings (SSSR count). The summed E-state index contributed by atoms with van der Waals surface area (Å²) >= 11 is 0. The highest BCUT2D eigenvalue weighted by atomic mass is 19.4. The number of alkyl halides is 3. The molecule has 2 aromatic rings. The Morgan fingerprint density at radius 1 is 1.33 bits per heavy atom. The molecule has 0 bridgehead atoms. The third-order valence-corrected chi connectivity index (χ3v) is 3.36. The van der Waals surface area contributed by atoms with E-state index in [0.717, 1.165) is 23.4 Å². The lowest BCUT2D eigenvalue weighted by Gasteiger charge is -2.18. The van der Waals surface area contributed by atoms with Crippen LogP contribution in [0.3, 0.4) is 0 Å². The number of H-pyrrole nitrogens is 1. The predicted molar refractivity (Wildman–Crippen MR) is 66.6 cm³/mol. The summed E-state index contributed by atoms with van der Waals surface area (Å²) in [6.07, 6.45) is -3.01. The van der Waals surface area contributed by atoms with Crippen LogP contribution in [0.5, 0.6) is 0 Å². The van der Waals surface area contributed by atoms with Crippen LogP contribution in [0.15, 0.2) is 24.4 Å². The minimum absolute atomic E-state index is 0.164. The first-order chi connectivity index (χ1) is 9.86. The second-order valence-electron chi connectivity index (χ2n) is 4.69. The van der Waals surface area contributed by atoms with Gasteiger partial charge in [-0.2, -0.15) is 18.3 Å². The monoisotopic (exact) mass is 298 g/mol. The Bertz CT molecular complexity index is 690. The third-order valence-electron chi connectivity index (χ3n) is 3.36. The first-order valence-electron chi connectivity index (χ1n) is 5.98. The summed E-state index contributed by atoms with van der Waals surface area (Å²) in [5.41, 5.74) is 0.270. The number of nitrogens with zero attached hydrogens (tertiary/aromatic N) is 3. The highest BCUT2D eigenvalue weighted by Crippen LogP contribution is 2.38. The summed E-state index contributed by atoms with van der Waals surface area (Å²) in [5.74, 6) is 0. The van der Waals surface area contributed by atoms with Gasteiger partial charge in [0.25, 0.3) is 5.69 Å². The van der Waals surface area contributed by atoms with Crippen molar-refractivity contribution in [3.63, 3.8) is 0 Å². The summed E-state index contributed by atoms with van der Waals surface area (Å²) in [6, 6.07) is 2.56. The standard InChI is InChI=1S/C12H9F3N4O2/c13-12(14,15)8-1-2-10(11(3-8)19(20)21)18-5-7-4-16-17-9(7)6-18/h1-4H,5-6H2,(H,16,17). The van der Waals surface area contributed by atoms with Crippen molar-refractivity contribution in [2.24, 2.45) is 0 Å². The summed E-state index contributed by atoms with van der Waals surface area (Å²) in [6.45, 7) is 0.722. The topological polar surface area (TPSA) is 75.1 Å². The molecule has 21 heavy (non-hydrogen) atoms. The SMILES string of the molecule is O=[N+]([O-])c1cc(C(F)(F)F)ccc1N1Cc2cn[nH]c2C1. The van der Waals surface area contributed by atoms with Crippen molar-refractivity contribution in [3.8, 4) is 0 Å². The van der Waals surface area contributed by atoms with Crippen LogP contribution in [0.1, 0.15) is 16.8 Å². The van der Waals surface area contributed by atoms with E-state index in [1.54, 1.807) is 11.1 Å². The largest absolute Gasteiger partial charge is 0.416 e. The van der Waals surface area contributed by atoms with Gasteiger partial charge in [0.1, 0.15) is 5.69 Å². The molecule has 1 aliphatic rings. The Kier molecular flexibility index (Phi) is 2.85. The highest BCUT2D eigenvalue weighted by molar-refractivity contribution is 5.66. The zero-order valence-corrected chi connectivity index (χ0v) is 10.5. The molecule has 0 fully saturated rings. The van der Waals surface area contributed by atoms with Gasteiger partial charge in [0.15, 0.2) is 0 Å². The van der Waals surface area contributed by atoms with Crippen LogP contribution < -0.4 is 4.90 Å². The van der Waals surface area contributed by atoms with Crippen molar-refractivity contribution in [3.05, 3.63) is 51.3 Å². The number of nitro groups is 1. The van der Waals surface area contributed by atoms with Crippen LogP contribution in [0.25, 0.3) is 0 Å². The van der Waals surface area contributed by atoms with E-state index in [0.29, 0.717) is 19.2 Å². The normalized spacial score (nSPS) is 14.3. The number of nitro benzene ring substituents is 1. The van der Waals surface area contributed by atoms with Crippen molar-refractivity contribution in [1.82, 2.24) is 10.2 Å². The minimum Gasteiger partial charge on any atom is -0.356 e. The molecule has 1 N–H and O–H groups in total. The highest BCUT2D eigenvalue weighted by Gasteiger charge is 2.34. The number of rotatable bonds is 2. The number of nitrogens with one attached hydrogen (secondary N) is 1. The van der Waals surface area contributed by atoms with Crippen molar-refractivity contribution in [2.75, 3.05) is 4.90 Å². The zero-order chi connectivity index (χ0) is 15.2. The number of aromatic amines is 1. The summed E-state index contributed by atoms with van der Waals surface area (Å²) < 4.78 is 38.0. The van der Waals surface area contributed by atoms with Crippen molar-refractivity contribution in [2.45, 2.75) is 19.3 Å². The number of anilines is 1. The molecule has 0 atom stereocenters. The Morgan fingerprint density at radius 3 is 2.71 bits per heavy atom. The molecule has 2 heterocycles. The predicted octanol–water partition coefficient (Wildman–Crippen LogP) is 2.86. The summed E-state index contributed by atoms with van der Waals surface area (Å²) in [4.78, 5) is 11.9. The fourth-order valence-electron chi connectivity index (χ4n) is 2.35. The zero-order valence-electron chi connectivity index (χ0n) is 10.5. The minimum atomic E-state index is -4.61. The Hall–Kier alpha value is -2.58. The number of halogens is 3. The van der Waals surface area contributed by atoms with E-state index in [4.69, 9.17) is 0 Å². The molecule has 0 radical (unpaired) electrons. The molecular weight excluding hydrogens is 289 g/mol. The maximum absolute atomic E-state index is 12.7. The number of aromatic nitrogens is 2. The van der Waals surface area contributed by atoms with E-state index in [1.165, 1.54) is 0 Å². The van der Waals surface area contributed by atoms with Gasteiger partial charge in [0.05, 0.1) is 28.9 Å².